The minimum Gasteiger partial charge on any atom is -0.485 e. The van der Waals surface area contributed by atoms with Crippen LogP contribution in [0.5, 0.6) is 5.75 Å². The molecule has 0 bridgehead atoms. The summed E-state index contributed by atoms with van der Waals surface area (Å²) in [6.45, 7) is 20.1. The number of benzene rings is 2. The second kappa shape index (κ2) is 7.47. The van der Waals surface area contributed by atoms with Crippen LogP contribution in [0.15, 0.2) is 42.5 Å². The molecule has 0 saturated heterocycles. The topological polar surface area (TPSA) is 9.23 Å². The zero-order valence-corrected chi connectivity index (χ0v) is 18.1. The van der Waals surface area contributed by atoms with Gasteiger partial charge in [-0.25, -0.2) is 0 Å². The van der Waals surface area contributed by atoms with Crippen molar-refractivity contribution in [2.24, 2.45) is 5.41 Å². The zero-order chi connectivity index (χ0) is 19.7. The van der Waals surface area contributed by atoms with E-state index >= 15 is 0 Å². The fourth-order valence-electron chi connectivity index (χ4n) is 3.26. The normalized spacial score (nSPS) is 13.8. The van der Waals surface area contributed by atoms with E-state index in [2.05, 4.69) is 105 Å². The molecule has 1 nitrogen and oxygen atoms in total. The first-order chi connectivity index (χ1) is 11.9. The van der Waals surface area contributed by atoms with Crippen LogP contribution in [-0.4, -0.2) is 0 Å². The smallest absolute Gasteiger partial charge is 0.129 e. The Hall–Kier alpha value is -1.76. The molecule has 0 fully saturated rings. The van der Waals surface area contributed by atoms with Gasteiger partial charge in [-0.05, 0) is 41.0 Å². The third-order valence-corrected chi connectivity index (χ3v) is 4.88. The first-order valence-corrected chi connectivity index (χ1v) is 9.77. The molecule has 0 amide bonds. The third-order valence-electron chi connectivity index (χ3n) is 4.88. The Morgan fingerprint density at radius 3 is 1.77 bits per heavy atom. The molecule has 1 heteroatoms. The summed E-state index contributed by atoms with van der Waals surface area (Å²) in [5.41, 5.74) is 5.20. The highest BCUT2D eigenvalue weighted by molar-refractivity contribution is 5.42. The quantitative estimate of drug-likeness (QED) is 0.551. The van der Waals surface area contributed by atoms with Crippen LogP contribution >= 0.6 is 0 Å². The van der Waals surface area contributed by atoms with Crippen LogP contribution in [0.1, 0.15) is 89.7 Å². The van der Waals surface area contributed by atoms with Gasteiger partial charge in [-0.2, -0.15) is 0 Å². The maximum absolute atomic E-state index is 6.68. The summed E-state index contributed by atoms with van der Waals surface area (Å²) < 4.78 is 6.68. The number of rotatable bonds is 4. The molecule has 2 aromatic carbocycles. The van der Waals surface area contributed by atoms with E-state index in [4.69, 9.17) is 4.74 Å². The highest BCUT2D eigenvalue weighted by atomic mass is 16.5. The Morgan fingerprint density at radius 2 is 1.31 bits per heavy atom. The SMILES string of the molecule is Cc1ccc(OC(c2ccc(C(C)C)cc2)C(C)(C)C)c(C(C)(C)C)c1. The highest BCUT2D eigenvalue weighted by Gasteiger charge is 2.30. The molecule has 2 rings (SSSR count). The minimum absolute atomic E-state index is 0.000607. The van der Waals surface area contributed by atoms with Gasteiger partial charge >= 0.3 is 0 Å². The van der Waals surface area contributed by atoms with Crippen LogP contribution in [0.4, 0.5) is 0 Å². The molecule has 0 radical (unpaired) electrons. The maximum Gasteiger partial charge on any atom is 0.129 e. The molecule has 0 aliphatic heterocycles. The van der Waals surface area contributed by atoms with Crippen LogP contribution in [0, 0.1) is 12.3 Å². The van der Waals surface area contributed by atoms with Gasteiger partial charge in [0.05, 0.1) is 0 Å². The average molecular weight is 353 g/mol. The van der Waals surface area contributed by atoms with E-state index in [1.165, 1.54) is 22.3 Å². The number of hydrogen-bond donors (Lipinski definition) is 0. The lowest BCUT2D eigenvalue weighted by Crippen LogP contribution is -2.25. The van der Waals surface area contributed by atoms with Gasteiger partial charge in [0.25, 0.3) is 0 Å². The molecule has 0 saturated carbocycles. The summed E-state index contributed by atoms with van der Waals surface area (Å²) >= 11 is 0. The summed E-state index contributed by atoms with van der Waals surface area (Å²) in [6, 6.07) is 15.5. The second-order valence-electron chi connectivity index (χ2n) is 9.93. The van der Waals surface area contributed by atoms with Crippen molar-refractivity contribution in [2.75, 3.05) is 0 Å². The molecule has 142 valence electrons. The summed E-state index contributed by atoms with van der Waals surface area (Å²) in [5, 5.41) is 0. The van der Waals surface area contributed by atoms with Crippen molar-refractivity contribution in [3.05, 3.63) is 64.7 Å². The van der Waals surface area contributed by atoms with Gasteiger partial charge < -0.3 is 4.74 Å². The van der Waals surface area contributed by atoms with Crippen molar-refractivity contribution < 1.29 is 4.74 Å². The molecule has 0 spiro atoms. The standard InChI is InChI=1S/C25H36O/c1-17(2)19-11-13-20(14-12-19)23(25(7,8)9)26-22-15-10-18(3)16-21(22)24(4,5)6/h10-17,23H,1-9H3. The van der Waals surface area contributed by atoms with Crippen LogP contribution < -0.4 is 4.74 Å². The Labute approximate surface area is 160 Å². The highest BCUT2D eigenvalue weighted by Crippen LogP contribution is 2.41. The number of hydrogen-bond acceptors (Lipinski definition) is 1. The van der Waals surface area contributed by atoms with E-state index in [0.717, 1.165) is 5.75 Å². The molecule has 2 aromatic rings. The van der Waals surface area contributed by atoms with E-state index in [0.29, 0.717) is 5.92 Å². The molecule has 1 atom stereocenters. The minimum atomic E-state index is -0.000607. The lowest BCUT2D eigenvalue weighted by molar-refractivity contribution is 0.0847. The fourth-order valence-corrected chi connectivity index (χ4v) is 3.26. The van der Waals surface area contributed by atoms with Crippen molar-refractivity contribution in [1.82, 2.24) is 0 Å². The molecule has 1 unspecified atom stereocenters. The Bertz CT molecular complexity index is 724. The molecule has 0 N–H and O–H groups in total. The molecule has 0 aliphatic carbocycles. The van der Waals surface area contributed by atoms with Gasteiger partial charge in [0.2, 0.25) is 0 Å². The Kier molecular flexibility index (Phi) is 5.90. The van der Waals surface area contributed by atoms with Crippen LogP contribution in [0.25, 0.3) is 0 Å². The summed E-state index contributed by atoms with van der Waals surface area (Å²) in [5.74, 6) is 1.54. The number of aryl methyl sites for hydroxylation is 1. The number of ether oxygens (including phenoxy) is 1. The summed E-state index contributed by atoms with van der Waals surface area (Å²) in [7, 11) is 0. The predicted molar refractivity (Wildman–Crippen MR) is 113 cm³/mol. The molecule has 0 aliphatic rings. The fraction of sp³-hybridized carbons (Fsp3) is 0.520. The van der Waals surface area contributed by atoms with Gasteiger partial charge in [-0.15, -0.1) is 0 Å². The largest absolute Gasteiger partial charge is 0.485 e. The average Bonchev–Trinajstić information content (AvgIpc) is 2.51. The zero-order valence-electron chi connectivity index (χ0n) is 18.1. The van der Waals surface area contributed by atoms with Crippen LogP contribution in [0.3, 0.4) is 0 Å². The lowest BCUT2D eigenvalue weighted by Gasteiger charge is -2.34. The Balaban J connectivity index is 2.45. The molecular weight excluding hydrogens is 316 g/mol. The van der Waals surface area contributed by atoms with Gasteiger partial charge in [0, 0.05) is 5.41 Å². The maximum atomic E-state index is 6.68. The second-order valence-corrected chi connectivity index (χ2v) is 9.93. The van der Waals surface area contributed by atoms with Crippen LogP contribution in [0.2, 0.25) is 0 Å². The monoisotopic (exact) mass is 352 g/mol. The Morgan fingerprint density at radius 1 is 0.769 bits per heavy atom. The van der Waals surface area contributed by atoms with E-state index in [9.17, 15) is 0 Å². The van der Waals surface area contributed by atoms with E-state index in [1.54, 1.807) is 0 Å². The van der Waals surface area contributed by atoms with Crippen molar-refractivity contribution in [3.8, 4) is 5.75 Å². The molecule has 0 heterocycles. The van der Waals surface area contributed by atoms with Gasteiger partial charge in [-0.3, -0.25) is 0 Å². The van der Waals surface area contributed by atoms with E-state index in [-0.39, 0.29) is 16.9 Å². The van der Waals surface area contributed by atoms with Gasteiger partial charge in [0.1, 0.15) is 11.9 Å². The first kappa shape index (κ1) is 20.6. The van der Waals surface area contributed by atoms with Gasteiger partial charge in [-0.1, -0.05) is 97.4 Å². The van der Waals surface area contributed by atoms with E-state index in [1.807, 2.05) is 0 Å². The molecule has 26 heavy (non-hydrogen) atoms. The molecular formula is C25H36O. The van der Waals surface area contributed by atoms with E-state index < -0.39 is 0 Å². The third kappa shape index (κ3) is 4.90. The van der Waals surface area contributed by atoms with Crippen molar-refractivity contribution in [3.63, 3.8) is 0 Å². The van der Waals surface area contributed by atoms with Crippen LogP contribution in [-0.2, 0) is 5.41 Å². The summed E-state index contributed by atoms with van der Waals surface area (Å²) in [6.07, 6.45) is 0.00696. The predicted octanol–water partition coefficient (Wildman–Crippen LogP) is 7.58. The first-order valence-electron chi connectivity index (χ1n) is 9.77. The van der Waals surface area contributed by atoms with Crippen molar-refractivity contribution >= 4 is 0 Å². The lowest BCUT2D eigenvalue weighted by atomic mass is 9.83. The van der Waals surface area contributed by atoms with Crippen molar-refractivity contribution in [2.45, 2.75) is 79.8 Å². The summed E-state index contributed by atoms with van der Waals surface area (Å²) in [4.78, 5) is 0. The van der Waals surface area contributed by atoms with Gasteiger partial charge in [0.15, 0.2) is 0 Å². The molecule has 0 aromatic heterocycles. The van der Waals surface area contributed by atoms with Crippen molar-refractivity contribution in [1.29, 1.82) is 0 Å².